The number of ether oxygens (including phenoxy) is 2. The zero-order chi connectivity index (χ0) is 19.3. The van der Waals surface area contributed by atoms with E-state index >= 15 is 0 Å². The van der Waals surface area contributed by atoms with Crippen LogP contribution in [0.5, 0.6) is 11.5 Å². The molecule has 0 saturated heterocycles. The van der Waals surface area contributed by atoms with Crippen molar-refractivity contribution >= 4 is 33.2 Å². The Morgan fingerprint density at radius 3 is 2.35 bits per heavy atom. The SMILES string of the molecule is COc1ccc(S(=O)(=O)N[C@H](C)C(=O)Nc2ccccc2OC)cc1Cl. The van der Waals surface area contributed by atoms with E-state index in [0.717, 1.165) is 0 Å². The Balaban J connectivity index is 2.13. The molecule has 9 heteroatoms. The summed E-state index contributed by atoms with van der Waals surface area (Å²) in [5, 5.41) is 2.78. The van der Waals surface area contributed by atoms with Crippen molar-refractivity contribution in [3.05, 3.63) is 47.5 Å². The number of nitrogens with one attached hydrogen (secondary N) is 2. The molecule has 0 aliphatic rings. The normalized spacial score (nSPS) is 12.3. The Labute approximate surface area is 157 Å². The summed E-state index contributed by atoms with van der Waals surface area (Å²) in [5.74, 6) is 0.295. The van der Waals surface area contributed by atoms with Gasteiger partial charge in [0.25, 0.3) is 0 Å². The second kappa shape index (κ2) is 8.39. The minimum absolute atomic E-state index is 0.0692. The third-order valence-corrected chi connectivity index (χ3v) is 5.36. The van der Waals surface area contributed by atoms with Crippen LogP contribution in [0.1, 0.15) is 6.92 Å². The van der Waals surface area contributed by atoms with E-state index in [4.69, 9.17) is 21.1 Å². The molecule has 2 rings (SSSR count). The molecular weight excluding hydrogens is 380 g/mol. The minimum Gasteiger partial charge on any atom is -0.495 e. The topological polar surface area (TPSA) is 93.7 Å². The van der Waals surface area contributed by atoms with Crippen molar-refractivity contribution in [2.75, 3.05) is 19.5 Å². The highest BCUT2D eigenvalue weighted by Gasteiger charge is 2.23. The first-order valence-corrected chi connectivity index (χ1v) is 9.44. The highest BCUT2D eigenvalue weighted by molar-refractivity contribution is 7.89. The van der Waals surface area contributed by atoms with Crippen molar-refractivity contribution in [3.63, 3.8) is 0 Å². The van der Waals surface area contributed by atoms with E-state index < -0.39 is 22.0 Å². The Bertz CT molecular complexity index is 902. The molecule has 0 spiro atoms. The van der Waals surface area contributed by atoms with Crippen LogP contribution in [0, 0.1) is 0 Å². The Morgan fingerprint density at radius 1 is 1.08 bits per heavy atom. The molecule has 2 aromatic carbocycles. The summed E-state index contributed by atoms with van der Waals surface area (Å²) in [6.45, 7) is 1.44. The number of anilines is 1. The predicted molar refractivity (Wildman–Crippen MR) is 99.4 cm³/mol. The lowest BCUT2D eigenvalue weighted by atomic mass is 10.2. The van der Waals surface area contributed by atoms with Gasteiger partial charge in [0.05, 0.1) is 35.9 Å². The van der Waals surface area contributed by atoms with Crippen LogP contribution < -0.4 is 19.5 Å². The molecule has 7 nitrogen and oxygen atoms in total. The van der Waals surface area contributed by atoms with E-state index in [-0.39, 0.29) is 9.92 Å². The first kappa shape index (κ1) is 20.0. The lowest BCUT2D eigenvalue weighted by molar-refractivity contribution is -0.117. The Morgan fingerprint density at radius 2 is 1.73 bits per heavy atom. The third kappa shape index (κ3) is 4.66. The summed E-state index contributed by atoms with van der Waals surface area (Å²) in [4.78, 5) is 12.2. The second-order valence-electron chi connectivity index (χ2n) is 5.33. The lowest BCUT2D eigenvalue weighted by Crippen LogP contribution is -2.41. The second-order valence-corrected chi connectivity index (χ2v) is 7.45. The zero-order valence-corrected chi connectivity index (χ0v) is 16.0. The maximum atomic E-state index is 12.5. The highest BCUT2D eigenvalue weighted by atomic mass is 35.5. The van der Waals surface area contributed by atoms with Crippen molar-refractivity contribution in [2.24, 2.45) is 0 Å². The number of sulfonamides is 1. The van der Waals surface area contributed by atoms with Gasteiger partial charge in [-0.05, 0) is 37.3 Å². The van der Waals surface area contributed by atoms with Gasteiger partial charge in [0, 0.05) is 0 Å². The van der Waals surface area contributed by atoms with Crippen molar-refractivity contribution in [2.45, 2.75) is 17.9 Å². The van der Waals surface area contributed by atoms with Gasteiger partial charge < -0.3 is 14.8 Å². The number of hydrogen-bond donors (Lipinski definition) is 2. The van der Waals surface area contributed by atoms with Crippen LogP contribution in [0.2, 0.25) is 5.02 Å². The molecule has 0 radical (unpaired) electrons. The molecule has 2 N–H and O–H groups in total. The summed E-state index contributed by atoms with van der Waals surface area (Å²) in [5.41, 5.74) is 0.443. The highest BCUT2D eigenvalue weighted by Crippen LogP contribution is 2.27. The zero-order valence-electron chi connectivity index (χ0n) is 14.4. The summed E-state index contributed by atoms with van der Waals surface area (Å²) < 4.78 is 37.4. The fourth-order valence-corrected chi connectivity index (χ4v) is 3.71. The molecular formula is C17H19ClN2O5S. The molecule has 0 fully saturated rings. The van der Waals surface area contributed by atoms with E-state index in [2.05, 4.69) is 10.0 Å². The summed E-state index contributed by atoms with van der Waals surface area (Å²) in [6.07, 6.45) is 0. The van der Waals surface area contributed by atoms with Crippen LogP contribution in [-0.2, 0) is 14.8 Å². The Kier molecular flexibility index (Phi) is 6.47. The van der Waals surface area contributed by atoms with Gasteiger partial charge in [-0.2, -0.15) is 4.72 Å². The number of benzene rings is 2. The first-order chi connectivity index (χ1) is 12.3. The number of para-hydroxylation sites is 2. The van der Waals surface area contributed by atoms with Crippen LogP contribution in [0.25, 0.3) is 0 Å². The summed E-state index contributed by atoms with van der Waals surface area (Å²) in [6, 6.07) is 9.85. The predicted octanol–water partition coefficient (Wildman–Crippen LogP) is 2.66. The minimum atomic E-state index is -3.94. The molecule has 0 aliphatic heterocycles. The molecule has 140 valence electrons. The van der Waals surface area contributed by atoms with E-state index in [1.807, 2.05) is 0 Å². The van der Waals surface area contributed by atoms with Gasteiger partial charge in [-0.25, -0.2) is 8.42 Å². The standard InChI is InChI=1S/C17H19ClN2O5S/c1-11(17(21)19-14-6-4-5-7-16(14)25-3)20-26(22,23)12-8-9-15(24-2)13(18)10-12/h4-11,20H,1-3H3,(H,19,21)/t11-/m1/s1. The fourth-order valence-electron chi connectivity index (χ4n) is 2.16. The summed E-state index contributed by atoms with van der Waals surface area (Å²) >= 11 is 5.96. The van der Waals surface area contributed by atoms with Crippen LogP contribution in [0.4, 0.5) is 5.69 Å². The van der Waals surface area contributed by atoms with Crippen molar-refractivity contribution in [3.8, 4) is 11.5 Å². The van der Waals surface area contributed by atoms with E-state index in [1.54, 1.807) is 24.3 Å². The first-order valence-electron chi connectivity index (χ1n) is 7.58. The van der Waals surface area contributed by atoms with Crippen LogP contribution in [0.3, 0.4) is 0 Å². The van der Waals surface area contributed by atoms with Crippen LogP contribution in [-0.4, -0.2) is 34.6 Å². The van der Waals surface area contributed by atoms with Gasteiger partial charge in [0.1, 0.15) is 11.5 Å². The maximum absolute atomic E-state index is 12.5. The lowest BCUT2D eigenvalue weighted by Gasteiger charge is -2.16. The molecule has 1 atom stereocenters. The molecule has 2 aromatic rings. The van der Waals surface area contributed by atoms with Crippen LogP contribution in [0.15, 0.2) is 47.4 Å². The molecule has 0 aliphatic carbocycles. The molecule has 0 saturated carbocycles. The van der Waals surface area contributed by atoms with Crippen molar-refractivity contribution in [1.29, 1.82) is 0 Å². The van der Waals surface area contributed by atoms with Crippen LogP contribution >= 0.6 is 11.6 Å². The third-order valence-electron chi connectivity index (χ3n) is 3.52. The number of rotatable bonds is 7. The van der Waals surface area contributed by atoms with Gasteiger partial charge in [-0.1, -0.05) is 23.7 Å². The smallest absolute Gasteiger partial charge is 0.242 e. The maximum Gasteiger partial charge on any atom is 0.242 e. The number of carbonyl (C=O) groups excluding carboxylic acids is 1. The average Bonchev–Trinajstić information content (AvgIpc) is 2.61. The monoisotopic (exact) mass is 398 g/mol. The largest absolute Gasteiger partial charge is 0.495 e. The molecule has 26 heavy (non-hydrogen) atoms. The van der Waals surface area contributed by atoms with E-state index in [9.17, 15) is 13.2 Å². The van der Waals surface area contributed by atoms with Gasteiger partial charge in [-0.3, -0.25) is 4.79 Å². The Hall–Kier alpha value is -2.29. The number of carbonyl (C=O) groups is 1. The fraction of sp³-hybridized carbons (Fsp3) is 0.235. The molecule has 0 aromatic heterocycles. The molecule has 1 amide bonds. The number of halogens is 1. The van der Waals surface area contributed by atoms with Gasteiger partial charge in [0.15, 0.2) is 0 Å². The summed E-state index contributed by atoms with van der Waals surface area (Å²) in [7, 11) is -1.04. The average molecular weight is 399 g/mol. The number of amides is 1. The van der Waals surface area contributed by atoms with E-state index in [0.29, 0.717) is 17.2 Å². The van der Waals surface area contributed by atoms with Gasteiger partial charge >= 0.3 is 0 Å². The van der Waals surface area contributed by atoms with Crippen molar-refractivity contribution in [1.82, 2.24) is 4.72 Å². The van der Waals surface area contributed by atoms with Gasteiger partial charge in [-0.15, -0.1) is 0 Å². The molecule has 0 heterocycles. The molecule has 0 unspecified atom stereocenters. The van der Waals surface area contributed by atoms with E-state index in [1.165, 1.54) is 39.3 Å². The molecule has 0 bridgehead atoms. The quantitative estimate of drug-likeness (QED) is 0.747. The number of methoxy groups -OCH3 is 2. The number of hydrogen-bond acceptors (Lipinski definition) is 5. The van der Waals surface area contributed by atoms with Gasteiger partial charge in [0.2, 0.25) is 15.9 Å². The van der Waals surface area contributed by atoms with Crippen molar-refractivity contribution < 1.29 is 22.7 Å².